The van der Waals surface area contributed by atoms with Gasteiger partial charge in [0.15, 0.2) is 0 Å². The Labute approximate surface area is 254 Å². The van der Waals surface area contributed by atoms with E-state index in [2.05, 4.69) is 10.3 Å². The minimum atomic E-state index is -0.701. The van der Waals surface area contributed by atoms with Gasteiger partial charge in [0.1, 0.15) is 5.03 Å². The molecule has 0 spiro atoms. The van der Waals surface area contributed by atoms with Gasteiger partial charge in [0.05, 0.1) is 72.5 Å². The highest BCUT2D eigenvalue weighted by molar-refractivity contribution is 8.77. The number of nitrogens with zero attached hydrogens (tertiary/aromatic N) is 2. The summed E-state index contributed by atoms with van der Waals surface area (Å²) in [6.07, 6.45) is 2.19. The van der Waals surface area contributed by atoms with Crippen LogP contribution in [-0.2, 0) is 47.7 Å². The van der Waals surface area contributed by atoms with Crippen molar-refractivity contribution in [2.45, 2.75) is 49.3 Å². The minimum Gasteiger partial charge on any atom is -0.378 e. The van der Waals surface area contributed by atoms with E-state index in [1.165, 1.54) is 0 Å². The predicted octanol–water partition coefficient (Wildman–Crippen LogP) is 2.19. The molecule has 0 radical (unpaired) electrons. The van der Waals surface area contributed by atoms with Crippen molar-refractivity contribution in [2.24, 2.45) is 0 Å². The summed E-state index contributed by atoms with van der Waals surface area (Å²) in [5, 5.41) is 4.32. The summed E-state index contributed by atoms with van der Waals surface area (Å²) in [5.74, 6) is -1.74. The summed E-state index contributed by atoms with van der Waals surface area (Å²) in [6.45, 7) is 8.12. The highest BCUT2D eigenvalue weighted by Crippen LogP contribution is 2.41. The second-order valence-corrected chi connectivity index (χ2v) is 12.3. The maximum Gasteiger partial charge on any atom is 0.335 e. The smallest absolute Gasteiger partial charge is 0.335 e. The van der Waals surface area contributed by atoms with E-state index < -0.39 is 17.8 Å². The number of hydrogen-bond acceptors (Lipinski definition) is 13. The van der Waals surface area contributed by atoms with Gasteiger partial charge in [0.25, 0.3) is 11.8 Å². The van der Waals surface area contributed by atoms with Gasteiger partial charge in [-0.05, 0) is 36.8 Å². The van der Waals surface area contributed by atoms with Crippen molar-refractivity contribution in [3.05, 3.63) is 24.4 Å². The molecule has 13 nitrogen and oxygen atoms in total. The van der Waals surface area contributed by atoms with Crippen LogP contribution < -0.4 is 5.32 Å². The lowest BCUT2D eigenvalue weighted by Gasteiger charge is -2.22. The van der Waals surface area contributed by atoms with E-state index in [9.17, 15) is 19.2 Å². The molecule has 15 heteroatoms. The number of amides is 3. The Morgan fingerprint density at radius 2 is 1.40 bits per heavy atom. The molecule has 1 N–H and O–H groups in total. The third kappa shape index (κ3) is 17.0. The van der Waals surface area contributed by atoms with E-state index in [0.29, 0.717) is 70.9 Å². The van der Waals surface area contributed by atoms with Gasteiger partial charge in [-0.25, -0.2) is 9.78 Å². The van der Waals surface area contributed by atoms with Crippen LogP contribution in [0.3, 0.4) is 0 Å². The molecule has 1 saturated heterocycles. The predicted molar refractivity (Wildman–Crippen MR) is 155 cm³/mol. The zero-order valence-corrected chi connectivity index (χ0v) is 25.8. The molecule has 2 rings (SSSR count). The molecule has 1 aliphatic heterocycles. The zero-order valence-electron chi connectivity index (χ0n) is 24.2. The van der Waals surface area contributed by atoms with Crippen molar-refractivity contribution in [3.63, 3.8) is 0 Å². The van der Waals surface area contributed by atoms with E-state index in [0.717, 1.165) is 5.03 Å². The van der Waals surface area contributed by atoms with Crippen LogP contribution in [0.5, 0.6) is 0 Å². The van der Waals surface area contributed by atoms with Crippen LogP contribution in [0.25, 0.3) is 0 Å². The van der Waals surface area contributed by atoms with Crippen LogP contribution >= 0.6 is 21.6 Å². The molecule has 2 heterocycles. The number of ether oxygens (including phenoxy) is 5. The van der Waals surface area contributed by atoms with E-state index in [-0.39, 0.29) is 43.1 Å². The van der Waals surface area contributed by atoms with Crippen LogP contribution in [0.4, 0.5) is 0 Å². The fourth-order valence-electron chi connectivity index (χ4n) is 3.24. The van der Waals surface area contributed by atoms with Crippen molar-refractivity contribution >= 4 is 45.3 Å². The number of rotatable bonds is 24. The molecule has 0 unspecified atom stereocenters. The average molecular weight is 632 g/mol. The summed E-state index contributed by atoms with van der Waals surface area (Å²) >= 11 is 0. The fourth-order valence-corrected chi connectivity index (χ4v) is 5.38. The first-order valence-electron chi connectivity index (χ1n) is 13.8. The first-order valence-corrected chi connectivity index (χ1v) is 15.9. The number of pyridine rings is 1. The van der Waals surface area contributed by atoms with E-state index >= 15 is 0 Å². The van der Waals surface area contributed by atoms with Crippen LogP contribution in [0.1, 0.15) is 39.5 Å². The molecule has 0 atom stereocenters. The van der Waals surface area contributed by atoms with Gasteiger partial charge in [0, 0.05) is 36.8 Å². The first-order chi connectivity index (χ1) is 20.3. The monoisotopic (exact) mass is 631 g/mol. The van der Waals surface area contributed by atoms with Crippen LogP contribution in [0.2, 0.25) is 0 Å². The average Bonchev–Trinajstić information content (AvgIpc) is 3.28. The molecular weight excluding hydrogens is 590 g/mol. The lowest BCUT2D eigenvalue weighted by atomic mass is 10.1. The lowest BCUT2D eigenvalue weighted by molar-refractivity contribution is -0.198. The molecule has 0 aromatic carbocycles. The third-order valence-corrected chi connectivity index (χ3v) is 8.49. The highest BCUT2D eigenvalue weighted by Gasteiger charge is 2.32. The number of carbonyl (C=O) groups excluding carboxylic acids is 4. The second-order valence-electron chi connectivity index (χ2n) is 9.48. The molecule has 3 amide bonds. The van der Waals surface area contributed by atoms with Crippen molar-refractivity contribution in [3.8, 4) is 0 Å². The van der Waals surface area contributed by atoms with Crippen molar-refractivity contribution in [1.29, 1.82) is 0 Å². The van der Waals surface area contributed by atoms with Gasteiger partial charge in [-0.15, -0.1) is 5.06 Å². The number of imide groups is 1. The van der Waals surface area contributed by atoms with E-state index in [1.807, 2.05) is 32.0 Å². The molecule has 1 aliphatic rings. The SMILES string of the molecule is CC(C)(CC(=O)NCCOCCOCCOCCOCCOCCC(=O)ON1C(=O)CCC1=O)SSc1ccccn1. The van der Waals surface area contributed by atoms with Gasteiger partial charge < -0.3 is 33.8 Å². The molecule has 42 heavy (non-hydrogen) atoms. The van der Waals surface area contributed by atoms with Crippen molar-refractivity contribution in [1.82, 2.24) is 15.4 Å². The maximum atomic E-state index is 12.2. The summed E-state index contributed by atoms with van der Waals surface area (Å²) in [4.78, 5) is 55.6. The Kier molecular flexibility index (Phi) is 18.3. The number of aromatic nitrogens is 1. The number of hydroxylamine groups is 2. The Morgan fingerprint density at radius 1 is 0.857 bits per heavy atom. The van der Waals surface area contributed by atoms with Gasteiger partial charge in [-0.3, -0.25) is 14.4 Å². The van der Waals surface area contributed by atoms with Crippen LogP contribution in [0, 0.1) is 0 Å². The van der Waals surface area contributed by atoms with E-state index in [1.54, 1.807) is 27.8 Å². The minimum absolute atomic E-state index is 0.0168. The molecule has 0 saturated carbocycles. The maximum absolute atomic E-state index is 12.2. The first kappa shape index (κ1) is 35.9. The van der Waals surface area contributed by atoms with Crippen molar-refractivity contribution in [2.75, 3.05) is 72.6 Å². The quantitative estimate of drug-likeness (QED) is 0.101. The summed E-state index contributed by atoms with van der Waals surface area (Å²) in [6, 6.07) is 5.76. The summed E-state index contributed by atoms with van der Waals surface area (Å²) in [7, 11) is 3.19. The molecule has 1 fully saturated rings. The lowest BCUT2D eigenvalue weighted by Crippen LogP contribution is -2.32. The highest BCUT2D eigenvalue weighted by atomic mass is 33.1. The molecular formula is C27H41N3O10S2. The standard InChI is InChI=1S/C27H41N3O10S2/c1-27(2,42-41-23-5-3-4-9-29-23)21-22(31)28-10-12-36-14-16-38-18-20-39-19-17-37-15-13-35-11-8-26(34)40-30-24(32)6-7-25(30)33/h3-5,9H,6-8,10-21H2,1-2H3,(H,28,31). The Bertz CT molecular complexity index is 939. The molecule has 0 aliphatic carbocycles. The van der Waals surface area contributed by atoms with Gasteiger partial charge in [0.2, 0.25) is 5.91 Å². The summed E-state index contributed by atoms with van der Waals surface area (Å²) in [5.41, 5.74) is 0. The zero-order chi connectivity index (χ0) is 30.5. The Hall–Kier alpha value is -2.27. The van der Waals surface area contributed by atoms with Crippen molar-refractivity contribution < 1.29 is 47.7 Å². The molecule has 236 valence electrons. The second kappa shape index (κ2) is 21.4. The van der Waals surface area contributed by atoms with Gasteiger partial charge >= 0.3 is 5.97 Å². The largest absolute Gasteiger partial charge is 0.378 e. The fraction of sp³-hybridized carbons (Fsp3) is 0.667. The molecule has 1 aromatic rings. The molecule has 1 aromatic heterocycles. The topological polar surface area (TPSA) is 152 Å². The van der Waals surface area contributed by atoms with Crippen LogP contribution in [-0.4, -0.2) is 111 Å². The van der Waals surface area contributed by atoms with Gasteiger partial charge in [-0.1, -0.05) is 16.9 Å². The molecule has 0 bridgehead atoms. The van der Waals surface area contributed by atoms with Gasteiger partial charge in [-0.2, -0.15) is 0 Å². The number of hydrogen-bond donors (Lipinski definition) is 1. The Morgan fingerprint density at radius 3 is 1.95 bits per heavy atom. The summed E-state index contributed by atoms with van der Waals surface area (Å²) < 4.78 is 26.8. The number of nitrogens with one attached hydrogen (secondary N) is 1. The number of carbonyl (C=O) groups is 4. The normalized spacial score (nSPS) is 13.5. The van der Waals surface area contributed by atoms with Crippen LogP contribution in [0.15, 0.2) is 29.4 Å². The van der Waals surface area contributed by atoms with E-state index in [4.69, 9.17) is 28.5 Å². The Balaban J connectivity index is 1.28. The third-order valence-electron chi connectivity index (χ3n) is 5.28.